The molecule has 0 aliphatic carbocycles. The Hall–Kier alpha value is -3.56. The molecule has 2 aromatic carbocycles. The summed E-state index contributed by atoms with van der Waals surface area (Å²) < 4.78 is 48.3. The number of amides is 2. The van der Waals surface area contributed by atoms with Crippen LogP contribution in [0.1, 0.15) is 28.8 Å². The van der Waals surface area contributed by atoms with Gasteiger partial charge in [0.2, 0.25) is 0 Å². The predicted octanol–water partition coefficient (Wildman–Crippen LogP) is 3.75. The van der Waals surface area contributed by atoms with E-state index in [-0.39, 0.29) is 18.7 Å². The molecule has 0 radical (unpaired) electrons. The highest BCUT2D eigenvalue weighted by Crippen LogP contribution is 2.29. The van der Waals surface area contributed by atoms with Gasteiger partial charge in [0.1, 0.15) is 5.75 Å². The van der Waals surface area contributed by atoms with Gasteiger partial charge in [-0.15, -0.1) is 0 Å². The molecular weight excluding hydrogens is 441 g/mol. The minimum atomic E-state index is -4.47. The van der Waals surface area contributed by atoms with Crippen LogP contribution < -0.4 is 10.1 Å². The second kappa shape index (κ2) is 10.4. The van der Waals surface area contributed by atoms with Gasteiger partial charge in [-0.05, 0) is 49.2 Å². The highest BCUT2D eigenvalue weighted by atomic mass is 19.4. The Bertz CT molecular complexity index is 1000. The Morgan fingerprint density at radius 2 is 1.67 bits per heavy atom. The standard InChI is InChI=1S/C23H23F3N2O5/c1-32-19-5-3-2-4-18(19)27-20(29)14-33-22(31)16-10-12-28(13-11-16)21(30)15-6-8-17(9-7-15)23(24,25)26/h2-9,16H,10-14H2,1H3,(H,27,29). The quantitative estimate of drug-likeness (QED) is 0.659. The molecule has 1 heterocycles. The number of nitrogens with zero attached hydrogens (tertiary/aromatic N) is 1. The summed E-state index contributed by atoms with van der Waals surface area (Å²) in [6, 6.07) is 10.8. The molecule has 1 saturated heterocycles. The summed E-state index contributed by atoms with van der Waals surface area (Å²) in [7, 11) is 1.47. The van der Waals surface area contributed by atoms with Gasteiger partial charge in [-0.25, -0.2) is 0 Å². The Balaban J connectivity index is 1.45. The predicted molar refractivity (Wildman–Crippen MR) is 113 cm³/mol. The molecule has 10 heteroatoms. The molecule has 33 heavy (non-hydrogen) atoms. The molecule has 0 saturated carbocycles. The van der Waals surface area contributed by atoms with Crippen molar-refractivity contribution < 1.29 is 37.0 Å². The third-order valence-corrected chi connectivity index (χ3v) is 5.30. The van der Waals surface area contributed by atoms with Gasteiger partial charge in [0.05, 0.1) is 24.3 Å². The summed E-state index contributed by atoms with van der Waals surface area (Å²) in [6.45, 7) is 0.0572. The van der Waals surface area contributed by atoms with Gasteiger partial charge < -0.3 is 19.7 Å². The maximum absolute atomic E-state index is 12.7. The van der Waals surface area contributed by atoms with Crippen LogP contribution in [0.2, 0.25) is 0 Å². The van der Waals surface area contributed by atoms with E-state index in [9.17, 15) is 27.6 Å². The first kappa shape index (κ1) is 24.1. The molecule has 7 nitrogen and oxygen atoms in total. The van der Waals surface area contributed by atoms with Crippen LogP contribution in [-0.4, -0.2) is 49.5 Å². The molecule has 1 N–H and O–H groups in total. The molecule has 0 bridgehead atoms. The fourth-order valence-corrected chi connectivity index (χ4v) is 3.49. The van der Waals surface area contributed by atoms with E-state index in [1.165, 1.54) is 12.0 Å². The summed E-state index contributed by atoms with van der Waals surface area (Å²) in [4.78, 5) is 38.4. The molecule has 1 aliphatic rings. The van der Waals surface area contributed by atoms with E-state index < -0.39 is 42.0 Å². The fourth-order valence-electron chi connectivity index (χ4n) is 3.49. The molecule has 2 amide bonds. The Morgan fingerprint density at radius 1 is 1.03 bits per heavy atom. The second-order valence-electron chi connectivity index (χ2n) is 7.50. The van der Waals surface area contributed by atoms with Crippen molar-refractivity contribution in [2.45, 2.75) is 19.0 Å². The van der Waals surface area contributed by atoms with Gasteiger partial charge in [0, 0.05) is 18.7 Å². The molecule has 2 aromatic rings. The van der Waals surface area contributed by atoms with Crippen molar-refractivity contribution in [3.8, 4) is 5.75 Å². The van der Waals surface area contributed by atoms with Gasteiger partial charge in [0.15, 0.2) is 6.61 Å². The monoisotopic (exact) mass is 464 g/mol. The normalized spacial score (nSPS) is 14.5. The molecule has 1 aliphatic heterocycles. The average Bonchev–Trinajstić information content (AvgIpc) is 2.82. The molecule has 0 unspecified atom stereocenters. The molecule has 3 rings (SSSR count). The lowest BCUT2D eigenvalue weighted by Gasteiger charge is -2.31. The number of methoxy groups -OCH3 is 1. The summed E-state index contributed by atoms with van der Waals surface area (Å²) in [6.07, 6.45) is -3.80. The number of para-hydroxylation sites is 2. The van der Waals surface area contributed by atoms with Crippen LogP contribution in [0.4, 0.5) is 18.9 Å². The first-order valence-electron chi connectivity index (χ1n) is 10.2. The summed E-state index contributed by atoms with van der Waals surface area (Å²) >= 11 is 0. The van der Waals surface area contributed by atoms with Crippen LogP contribution in [0.15, 0.2) is 48.5 Å². The van der Waals surface area contributed by atoms with Crippen molar-refractivity contribution in [2.24, 2.45) is 5.92 Å². The molecular formula is C23H23F3N2O5. The number of carbonyl (C=O) groups is 3. The lowest BCUT2D eigenvalue weighted by molar-refractivity contribution is -0.152. The first-order valence-corrected chi connectivity index (χ1v) is 10.2. The number of alkyl halides is 3. The third-order valence-electron chi connectivity index (χ3n) is 5.30. The number of hydrogen-bond acceptors (Lipinski definition) is 5. The first-order chi connectivity index (χ1) is 15.7. The number of likely N-dealkylation sites (tertiary alicyclic amines) is 1. The third kappa shape index (κ3) is 6.24. The zero-order chi connectivity index (χ0) is 24.0. The number of anilines is 1. The van der Waals surface area contributed by atoms with Crippen molar-refractivity contribution in [1.29, 1.82) is 0 Å². The number of carbonyl (C=O) groups excluding carboxylic acids is 3. The number of ether oxygens (including phenoxy) is 2. The van der Waals surface area contributed by atoms with Crippen LogP contribution in [0, 0.1) is 5.92 Å². The van der Waals surface area contributed by atoms with Crippen LogP contribution in [0.25, 0.3) is 0 Å². The summed E-state index contributed by atoms with van der Waals surface area (Å²) in [5.41, 5.74) is -0.219. The summed E-state index contributed by atoms with van der Waals surface area (Å²) in [5.74, 6) is -1.44. The van der Waals surface area contributed by atoms with Gasteiger partial charge in [-0.3, -0.25) is 14.4 Å². The Labute approximate surface area is 188 Å². The van der Waals surface area contributed by atoms with E-state index in [1.54, 1.807) is 24.3 Å². The number of rotatable bonds is 6. The van der Waals surface area contributed by atoms with Crippen molar-refractivity contribution in [1.82, 2.24) is 4.90 Å². The smallest absolute Gasteiger partial charge is 0.416 e. The van der Waals surface area contributed by atoms with Crippen LogP contribution in [0.5, 0.6) is 5.75 Å². The molecule has 0 spiro atoms. The van der Waals surface area contributed by atoms with E-state index in [0.717, 1.165) is 24.3 Å². The van der Waals surface area contributed by atoms with Crippen molar-refractivity contribution in [3.63, 3.8) is 0 Å². The Morgan fingerprint density at radius 3 is 2.27 bits per heavy atom. The van der Waals surface area contributed by atoms with Crippen molar-refractivity contribution in [2.75, 3.05) is 32.1 Å². The van der Waals surface area contributed by atoms with Crippen molar-refractivity contribution in [3.05, 3.63) is 59.7 Å². The maximum Gasteiger partial charge on any atom is 0.416 e. The molecule has 0 atom stereocenters. The van der Waals surface area contributed by atoms with E-state index in [1.807, 2.05) is 0 Å². The van der Waals surface area contributed by atoms with E-state index in [0.29, 0.717) is 24.3 Å². The lowest BCUT2D eigenvalue weighted by Crippen LogP contribution is -2.41. The van der Waals surface area contributed by atoms with E-state index in [4.69, 9.17) is 9.47 Å². The lowest BCUT2D eigenvalue weighted by atomic mass is 9.96. The number of esters is 1. The zero-order valence-corrected chi connectivity index (χ0v) is 17.9. The molecule has 176 valence electrons. The summed E-state index contributed by atoms with van der Waals surface area (Å²) in [5, 5.41) is 2.61. The van der Waals surface area contributed by atoms with Gasteiger partial charge >= 0.3 is 12.1 Å². The van der Waals surface area contributed by atoms with Crippen LogP contribution in [-0.2, 0) is 20.5 Å². The minimum absolute atomic E-state index is 0.150. The maximum atomic E-state index is 12.7. The number of piperidine rings is 1. The van der Waals surface area contributed by atoms with Gasteiger partial charge in [0.25, 0.3) is 11.8 Å². The number of benzene rings is 2. The van der Waals surface area contributed by atoms with Crippen molar-refractivity contribution >= 4 is 23.5 Å². The van der Waals surface area contributed by atoms with Gasteiger partial charge in [-0.1, -0.05) is 12.1 Å². The van der Waals surface area contributed by atoms with Crippen LogP contribution >= 0.6 is 0 Å². The number of halogens is 3. The second-order valence-corrected chi connectivity index (χ2v) is 7.50. The molecule has 1 fully saturated rings. The average molecular weight is 464 g/mol. The SMILES string of the molecule is COc1ccccc1NC(=O)COC(=O)C1CCN(C(=O)c2ccc(C(F)(F)F)cc2)CC1. The number of nitrogens with one attached hydrogen (secondary N) is 1. The largest absolute Gasteiger partial charge is 0.495 e. The topological polar surface area (TPSA) is 84.9 Å². The molecule has 0 aromatic heterocycles. The Kier molecular flexibility index (Phi) is 7.57. The van der Waals surface area contributed by atoms with E-state index >= 15 is 0 Å². The highest BCUT2D eigenvalue weighted by molar-refractivity contribution is 5.95. The van der Waals surface area contributed by atoms with Gasteiger partial charge in [-0.2, -0.15) is 13.2 Å². The highest BCUT2D eigenvalue weighted by Gasteiger charge is 2.32. The minimum Gasteiger partial charge on any atom is -0.495 e. The fraction of sp³-hybridized carbons (Fsp3) is 0.348. The number of hydrogen-bond donors (Lipinski definition) is 1. The van der Waals surface area contributed by atoms with E-state index in [2.05, 4.69) is 5.32 Å². The van der Waals surface area contributed by atoms with Crippen LogP contribution in [0.3, 0.4) is 0 Å². The zero-order valence-electron chi connectivity index (χ0n) is 17.9.